The predicted molar refractivity (Wildman–Crippen MR) is 124 cm³/mol. The van der Waals surface area contributed by atoms with E-state index < -0.39 is 0 Å². The Morgan fingerprint density at radius 2 is 1.77 bits per heavy atom. The third-order valence-corrected chi connectivity index (χ3v) is 6.40. The summed E-state index contributed by atoms with van der Waals surface area (Å²) in [4.78, 5) is 19.8. The van der Waals surface area contributed by atoms with E-state index in [2.05, 4.69) is 69.9 Å². The molecular formula is C25H22BrN3O. The Morgan fingerprint density at radius 3 is 2.57 bits per heavy atom. The topological polar surface area (TPSA) is 38.1 Å². The van der Waals surface area contributed by atoms with Crippen LogP contribution in [0.3, 0.4) is 0 Å². The van der Waals surface area contributed by atoms with Crippen molar-refractivity contribution in [3.8, 4) is 0 Å². The van der Waals surface area contributed by atoms with Crippen LogP contribution in [0.1, 0.15) is 36.7 Å². The molecule has 0 spiro atoms. The Labute approximate surface area is 184 Å². The molecule has 2 heterocycles. The standard InChI is InChI=1S/C25H22BrN3O/c1-17(18-8-3-2-4-9-18)29-23-13-6-5-12-22(23)27-25(29)19-14-24(30)28(16-19)21-11-7-10-20(26)15-21/h2-13,15,17,19H,14,16H2,1H3. The average molecular weight is 460 g/mol. The summed E-state index contributed by atoms with van der Waals surface area (Å²) in [7, 11) is 0. The van der Waals surface area contributed by atoms with Gasteiger partial charge in [-0.2, -0.15) is 0 Å². The summed E-state index contributed by atoms with van der Waals surface area (Å²) >= 11 is 3.51. The Balaban J connectivity index is 1.57. The van der Waals surface area contributed by atoms with Gasteiger partial charge in [-0.3, -0.25) is 4.79 Å². The van der Waals surface area contributed by atoms with Gasteiger partial charge in [0.2, 0.25) is 5.91 Å². The SMILES string of the molecule is CC(c1ccccc1)n1c(C2CC(=O)N(c3cccc(Br)c3)C2)nc2ccccc21. The quantitative estimate of drug-likeness (QED) is 0.379. The van der Waals surface area contributed by atoms with Gasteiger partial charge in [0.1, 0.15) is 5.82 Å². The van der Waals surface area contributed by atoms with Gasteiger partial charge in [-0.25, -0.2) is 4.98 Å². The molecule has 1 amide bonds. The van der Waals surface area contributed by atoms with Crippen molar-refractivity contribution in [3.63, 3.8) is 0 Å². The number of imidazole rings is 1. The maximum absolute atomic E-state index is 12.9. The number of nitrogens with zero attached hydrogens (tertiary/aromatic N) is 3. The second-order valence-corrected chi connectivity index (χ2v) is 8.72. The van der Waals surface area contributed by atoms with Crippen LogP contribution in [-0.2, 0) is 4.79 Å². The first-order valence-electron chi connectivity index (χ1n) is 10.2. The molecule has 0 aliphatic carbocycles. The first kappa shape index (κ1) is 19.1. The van der Waals surface area contributed by atoms with E-state index in [-0.39, 0.29) is 17.9 Å². The van der Waals surface area contributed by atoms with Crippen molar-refractivity contribution < 1.29 is 4.79 Å². The number of aromatic nitrogens is 2. The van der Waals surface area contributed by atoms with Gasteiger partial charge in [-0.15, -0.1) is 0 Å². The number of rotatable bonds is 4. The summed E-state index contributed by atoms with van der Waals surface area (Å²) in [5.74, 6) is 1.18. The lowest BCUT2D eigenvalue weighted by Gasteiger charge is -2.21. The molecule has 3 aromatic carbocycles. The maximum Gasteiger partial charge on any atom is 0.227 e. The molecule has 0 radical (unpaired) electrons. The molecule has 0 N–H and O–H groups in total. The fraction of sp³-hybridized carbons (Fsp3) is 0.200. The zero-order chi connectivity index (χ0) is 20.7. The second-order valence-electron chi connectivity index (χ2n) is 7.80. The first-order chi connectivity index (χ1) is 14.6. The Hall–Kier alpha value is -2.92. The van der Waals surface area contributed by atoms with Gasteiger partial charge in [-0.05, 0) is 42.8 Å². The number of benzene rings is 3. The minimum Gasteiger partial charge on any atom is -0.320 e. The van der Waals surface area contributed by atoms with Crippen molar-refractivity contribution in [2.75, 3.05) is 11.4 Å². The van der Waals surface area contributed by atoms with Crippen LogP contribution < -0.4 is 4.90 Å². The van der Waals surface area contributed by atoms with E-state index in [1.807, 2.05) is 41.3 Å². The smallest absolute Gasteiger partial charge is 0.227 e. The molecule has 2 atom stereocenters. The fourth-order valence-corrected chi connectivity index (χ4v) is 4.80. The molecule has 0 bridgehead atoms. The summed E-state index contributed by atoms with van der Waals surface area (Å²) in [5.41, 5.74) is 4.24. The number of amides is 1. The third-order valence-electron chi connectivity index (χ3n) is 5.90. The zero-order valence-electron chi connectivity index (χ0n) is 16.7. The summed E-state index contributed by atoms with van der Waals surface area (Å²) in [6, 6.07) is 26.8. The lowest BCUT2D eigenvalue weighted by atomic mass is 10.0. The first-order valence-corrected chi connectivity index (χ1v) is 11.0. The molecule has 1 aliphatic rings. The molecule has 1 fully saturated rings. The molecule has 4 aromatic rings. The summed E-state index contributed by atoms with van der Waals surface area (Å²) in [5, 5.41) is 0. The number of para-hydroxylation sites is 2. The molecule has 2 unspecified atom stereocenters. The molecule has 150 valence electrons. The second kappa shape index (κ2) is 7.73. The number of carbonyl (C=O) groups excluding carboxylic acids is 1. The van der Waals surface area contributed by atoms with Gasteiger partial charge in [0.15, 0.2) is 0 Å². The van der Waals surface area contributed by atoms with Gasteiger partial charge >= 0.3 is 0 Å². The molecule has 1 saturated heterocycles. The normalized spacial score (nSPS) is 17.6. The van der Waals surface area contributed by atoms with Crippen LogP contribution in [-0.4, -0.2) is 22.0 Å². The van der Waals surface area contributed by atoms with Crippen LogP contribution in [0.5, 0.6) is 0 Å². The van der Waals surface area contributed by atoms with Gasteiger partial charge in [0.25, 0.3) is 0 Å². The molecule has 0 saturated carbocycles. The van der Waals surface area contributed by atoms with Crippen LogP contribution in [0.2, 0.25) is 0 Å². The average Bonchev–Trinajstić information content (AvgIpc) is 3.34. The molecule has 4 nitrogen and oxygen atoms in total. The highest BCUT2D eigenvalue weighted by molar-refractivity contribution is 9.10. The molecule has 5 heteroatoms. The van der Waals surface area contributed by atoms with Gasteiger partial charge in [-0.1, -0.05) is 64.5 Å². The van der Waals surface area contributed by atoms with E-state index in [9.17, 15) is 4.79 Å². The highest BCUT2D eigenvalue weighted by Gasteiger charge is 2.35. The number of hydrogen-bond donors (Lipinski definition) is 0. The number of carbonyl (C=O) groups is 1. The Bertz CT molecular complexity index is 1220. The maximum atomic E-state index is 12.9. The number of anilines is 1. The molecule has 1 aliphatic heterocycles. The van der Waals surface area contributed by atoms with E-state index in [1.54, 1.807) is 0 Å². The van der Waals surface area contributed by atoms with Crippen molar-refractivity contribution >= 4 is 38.6 Å². The minimum absolute atomic E-state index is 0.0510. The minimum atomic E-state index is 0.0510. The van der Waals surface area contributed by atoms with Gasteiger partial charge < -0.3 is 9.47 Å². The fourth-order valence-electron chi connectivity index (χ4n) is 4.41. The van der Waals surface area contributed by atoms with Crippen LogP contribution >= 0.6 is 15.9 Å². The Morgan fingerprint density at radius 1 is 1.00 bits per heavy atom. The van der Waals surface area contributed by atoms with E-state index in [4.69, 9.17) is 4.98 Å². The predicted octanol–water partition coefficient (Wildman–Crippen LogP) is 5.93. The zero-order valence-corrected chi connectivity index (χ0v) is 18.3. The lowest BCUT2D eigenvalue weighted by Crippen LogP contribution is -2.24. The van der Waals surface area contributed by atoms with Crippen molar-refractivity contribution in [3.05, 3.63) is 94.7 Å². The molecule has 1 aromatic heterocycles. The highest BCUT2D eigenvalue weighted by atomic mass is 79.9. The van der Waals surface area contributed by atoms with Crippen LogP contribution in [0.25, 0.3) is 11.0 Å². The number of fused-ring (bicyclic) bond motifs is 1. The van der Waals surface area contributed by atoms with E-state index in [0.29, 0.717) is 13.0 Å². The molecule has 30 heavy (non-hydrogen) atoms. The van der Waals surface area contributed by atoms with E-state index in [0.717, 1.165) is 27.0 Å². The summed E-state index contributed by atoms with van der Waals surface area (Å²) in [6.07, 6.45) is 0.470. The van der Waals surface area contributed by atoms with Crippen molar-refractivity contribution in [2.24, 2.45) is 0 Å². The van der Waals surface area contributed by atoms with Crippen LogP contribution in [0.4, 0.5) is 5.69 Å². The Kier molecular flexibility index (Phi) is 4.91. The van der Waals surface area contributed by atoms with Crippen LogP contribution in [0.15, 0.2) is 83.3 Å². The summed E-state index contributed by atoms with van der Waals surface area (Å²) < 4.78 is 3.29. The largest absolute Gasteiger partial charge is 0.320 e. The molecule has 5 rings (SSSR count). The number of hydrogen-bond acceptors (Lipinski definition) is 2. The molecular weight excluding hydrogens is 438 g/mol. The third kappa shape index (κ3) is 3.33. The van der Waals surface area contributed by atoms with E-state index in [1.165, 1.54) is 5.56 Å². The summed E-state index contributed by atoms with van der Waals surface area (Å²) in [6.45, 7) is 2.84. The van der Waals surface area contributed by atoms with E-state index >= 15 is 0 Å². The van der Waals surface area contributed by atoms with Crippen molar-refractivity contribution in [2.45, 2.75) is 25.3 Å². The van der Waals surface area contributed by atoms with Crippen molar-refractivity contribution in [1.82, 2.24) is 9.55 Å². The lowest BCUT2D eigenvalue weighted by molar-refractivity contribution is -0.117. The van der Waals surface area contributed by atoms with Gasteiger partial charge in [0, 0.05) is 29.0 Å². The van der Waals surface area contributed by atoms with Crippen molar-refractivity contribution in [1.29, 1.82) is 0 Å². The monoisotopic (exact) mass is 459 g/mol. The highest BCUT2D eigenvalue weighted by Crippen LogP contribution is 2.36. The van der Waals surface area contributed by atoms with Gasteiger partial charge in [0.05, 0.1) is 17.1 Å². The number of halogens is 1. The van der Waals surface area contributed by atoms with Crippen LogP contribution in [0, 0.1) is 0 Å².